The second-order valence-electron chi connectivity index (χ2n) is 9.64. The van der Waals surface area contributed by atoms with Crippen molar-refractivity contribution in [3.63, 3.8) is 0 Å². The van der Waals surface area contributed by atoms with Crippen molar-refractivity contribution in [1.29, 1.82) is 0 Å². The zero-order valence-corrected chi connectivity index (χ0v) is 22.2. The molecule has 6 nitrogen and oxygen atoms in total. The van der Waals surface area contributed by atoms with Crippen molar-refractivity contribution in [1.82, 2.24) is 27.9 Å². The van der Waals surface area contributed by atoms with Crippen LogP contribution in [0.2, 0.25) is 0 Å². The van der Waals surface area contributed by atoms with Gasteiger partial charge >= 0.3 is 0 Å². The highest BCUT2D eigenvalue weighted by Gasteiger charge is 2.21. The third kappa shape index (κ3) is 2.98. The van der Waals surface area contributed by atoms with Gasteiger partial charge in [-0.3, -0.25) is 17.9 Å². The molecule has 6 heteroatoms. The van der Waals surface area contributed by atoms with Gasteiger partial charge in [0.2, 0.25) is 11.6 Å². The molecule has 0 aliphatic rings. The van der Waals surface area contributed by atoms with E-state index in [0.717, 1.165) is 67.1 Å². The molecule has 5 aromatic carbocycles. The molecule has 0 saturated carbocycles. The minimum Gasteiger partial charge on any atom is -0.278 e. The summed E-state index contributed by atoms with van der Waals surface area (Å²) in [5, 5.41) is 0. The van der Waals surface area contributed by atoms with E-state index in [0.29, 0.717) is 0 Å². The SMILES string of the molecule is CC.c1ccc(-n2c3ccccc3n3c4cc5c(cc4nc23)nc2n(-c3ccccc3)c3ccccc3n52)cc1. The van der Waals surface area contributed by atoms with Crippen molar-refractivity contribution in [3.8, 4) is 11.4 Å². The fourth-order valence-electron chi connectivity index (χ4n) is 5.96. The van der Waals surface area contributed by atoms with Crippen LogP contribution >= 0.6 is 0 Å². The first-order chi connectivity index (χ1) is 19.9. The second-order valence-corrected chi connectivity index (χ2v) is 9.64. The van der Waals surface area contributed by atoms with Crippen molar-refractivity contribution in [2.45, 2.75) is 13.8 Å². The average Bonchev–Trinajstić information content (AvgIpc) is 3.74. The second kappa shape index (κ2) is 8.58. The Kier molecular flexibility index (Phi) is 4.85. The highest BCUT2D eigenvalue weighted by atomic mass is 15.2. The summed E-state index contributed by atoms with van der Waals surface area (Å²) in [5.74, 6) is 1.79. The highest BCUT2D eigenvalue weighted by Crippen LogP contribution is 2.34. The van der Waals surface area contributed by atoms with Crippen LogP contribution in [0.1, 0.15) is 13.8 Å². The molecule has 0 saturated heterocycles. The van der Waals surface area contributed by atoms with E-state index >= 15 is 0 Å². The summed E-state index contributed by atoms with van der Waals surface area (Å²) < 4.78 is 9.01. The Hall–Kier alpha value is -5.36. The van der Waals surface area contributed by atoms with Crippen LogP contribution < -0.4 is 0 Å². The van der Waals surface area contributed by atoms with Gasteiger partial charge in [0.15, 0.2) is 0 Å². The fourth-order valence-corrected chi connectivity index (χ4v) is 5.96. The Balaban J connectivity index is 0.00000120. The minimum absolute atomic E-state index is 0.896. The average molecular weight is 519 g/mol. The number of fused-ring (bicyclic) bond motifs is 10. The van der Waals surface area contributed by atoms with E-state index in [1.165, 1.54) is 0 Å². The van der Waals surface area contributed by atoms with Crippen LogP contribution in [0.4, 0.5) is 0 Å². The Morgan fingerprint density at radius 3 is 1.20 bits per heavy atom. The lowest BCUT2D eigenvalue weighted by Gasteiger charge is -2.04. The van der Waals surface area contributed by atoms with Crippen LogP contribution in [0.3, 0.4) is 0 Å². The van der Waals surface area contributed by atoms with Gasteiger partial charge in [0, 0.05) is 11.4 Å². The first kappa shape index (κ1) is 22.6. The summed E-state index contributed by atoms with van der Waals surface area (Å²) in [7, 11) is 0. The predicted molar refractivity (Wildman–Crippen MR) is 164 cm³/mol. The fraction of sp³-hybridized carbons (Fsp3) is 0.0588. The van der Waals surface area contributed by atoms with Crippen molar-refractivity contribution in [3.05, 3.63) is 121 Å². The standard InChI is InChI=1S/C32H20N6.C2H6/c1-3-11-21(12-4-1)35-25-15-7-9-17-27(25)37-29-20-30-24(19-23(29)33-31(35)37)34-32-36(22-13-5-2-6-14-22)26-16-8-10-18-28(26)38(30)32;1-2/h1-20H;1-2H3. The molecule has 0 N–H and O–H groups in total. The summed E-state index contributed by atoms with van der Waals surface area (Å²) in [5.41, 5.74) is 10.7. The van der Waals surface area contributed by atoms with Gasteiger partial charge in [-0.15, -0.1) is 0 Å². The lowest BCUT2D eigenvalue weighted by molar-refractivity contribution is 1.11. The molecule has 0 atom stereocenters. The molecule has 0 amide bonds. The number of nitrogens with zero attached hydrogens (tertiary/aromatic N) is 6. The van der Waals surface area contributed by atoms with E-state index in [4.69, 9.17) is 9.97 Å². The molecule has 0 spiro atoms. The lowest BCUT2D eigenvalue weighted by Crippen LogP contribution is -1.94. The van der Waals surface area contributed by atoms with E-state index in [2.05, 4.69) is 127 Å². The molecule has 9 rings (SSSR count). The largest absolute Gasteiger partial charge is 0.278 e. The molecule has 40 heavy (non-hydrogen) atoms. The highest BCUT2D eigenvalue weighted by molar-refractivity contribution is 6.01. The van der Waals surface area contributed by atoms with Crippen molar-refractivity contribution < 1.29 is 0 Å². The molecule has 192 valence electrons. The smallest absolute Gasteiger partial charge is 0.220 e. The van der Waals surface area contributed by atoms with E-state index in [1.54, 1.807) is 0 Å². The zero-order valence-electron chi connectivity index (χ0n) is 22.2. The van der Waals surface area contributed by atoms with Crippen molar-refractivity contribution in [2.75, 3.05) is 0 Å². The normalized spacial score (nSPS) is 11.8. The molecule has 0 aliphatic heterocycles. The van der Waals surface area contributed by atoms with E-state index in [9.17, 15) is 0 Å². The Labute approximate surface area is 230 Å². The summed E-state index contributed by atoms with van der Waals surface area (Å²) >= 11 is 0. The Morgan fingerprint density at radius 2 is 0.775 bits per heavy atom. The van der Waals surface area contributed by atoms with E-state index in [-0.39, 0.29) is 0 Å². The number of hydrogen-bond donors (Lipinski definition) is 0. The minimum atomic E-state index is 0.896. The summed E-state index contributed by atoms with van der Waals surface area (Å²) in [6.07, 6.45) is 0. The molecular weight excluding hydrogens is 492 g/mol. The van der Waals surface area contributed by atoms with Crippen LogP contribution in [-0.4, -0.2) is 27.9 Å². The number of rotatable bonds is 2. The van der Waals surface area contributed by atoms with Gasteiger partial charge in [-0.1, -0.05) is 74.5 Å². The summed E-state index contributed by atoms with van der Waals surface area (Å²) in [6.45, 7) is 4.00. The van der Waals surface area contributed by atoms with Crippen LogP contribution in [0, 0.1) is 0 Å². The lowest BCUT2D eigenvalue weighted by atomic mass is 10.2. The van der Waals surface area contributed by atoms with E-state index in [1.807, 2.05) is 26.0 Å². The monoisotopic (exact) mass is 518 g/mol. The first-order valence-corrected chi connectivity index (χ1v) is 13.7. The number of para-hydroxylation sites is 6. The quantitative estimate of drug-likeness (QED) is 0.231. The molecular formula is C34H26N6. The maximum Gasteiger partial charge on any atom is 0.220 e. The molecule has 4 aromatic heterocycles. The predicted octanol–water partition coefficient (Wildman–Crippen LogP) is 8.20. The molecule has 0 bridgehead atoms. The maximum absolute atomic E-state index is 5.15. The van der Waals surface area contributed by atoms with Gasteiger partial charge in [0.1, 0.15) is 0 Å². The molecule has 4 heterocycles. The summed E-state index contributed by atoms with van der Waals surface area (Å²) in [6, 6.07) is 42.2. The first-order valence-electron chi connectivity index (χ1n) is 13.7. The summed E-state index contributed by atoms with van der Waals surface area (Å²) in [4.78, 5) is 10.3. The van der Waals surface area contributed by atoms with E-state index < -0.39 is 0 Å². The van der Waals surface area contributed by atoms with Crippen LogP contribution in [-0.2, 0) is 0 Å². The van der Waals surface area contributed by atoms with Gasteiger partial charge in [-0.2, -0.15) is 0 Å². The molecule has 0 aliphatic carbocycles. The van der Waals surface area contributed by atoms with Crippen molar-refractivity contribution in [2.24, 2.45) is 0 Å². The molecule has 0 unspecified atom stereocenters. The maximum atomic E-state index is 5.15. The molecule has 9 aromatic rings. The Bertz CT molecular complexity index is 2170. The van der Waals surface area contributed by atoms with Gasteiger partial charge in [-0.05, 0) is 60.7 Å². The third-order valence-electron chi connectivity index (χ3n) is 7.55. The topological polar surface area (TPSA) is 44.5 Å². The van der Waals surface area contributed by atoms with Crippen LogP contribution in [0.5, 0.6) is 0 Å². The molecule has 0 fully saturated rings. The third-order valence-corrected chi connectivity index (χ3v) is 7.55. The number of benzene rings is 5. The van der Waals surface area contributed by atoms with Gasteiger partial charge in [0.25, 0.3) is 0 Å². The Morgan fingerprint density at radius 1 is 0.400 bits per heavy atom. The number of hydrogen-bond acceptors (Lipinski definition) is 2. The number of imidazole rings is 4. The van der Waals surface area contributed by atoms with Crippen LogP contribution in [0.25, 0.3) is 67.1 Å². The zero-order chi connectivity index (χ0) is 26.8. The number of aromatic nitrogens is 6. The van der Waals surface area contributed by atoms with Gasteiger partial charge in [0.05, 0.1) is 44.1 Å². The van der Waals surface area contributed by atoms with Gasteiger partial charge in [-0.25, -0.2) is 9.97 Å². The van der Waals surface area contributed by atoms with Crippen LogP contribution in [0.15, 0.2) is 121 Å². The van der Waals surface area contributed by atoms with Crippen molar-refractivity contribution >= 4 is 55.7 Å². The van der Waals surface area contributed by atoms with Gasteiger partial charge < -0.3 is 0 Å². The molecule has 0 radical (unpaired) electrons.